The van der Waals surface area contributed by atoms with Gasteiger partial charge in [-0.05, 0) is 6.42 Å². The summed E-state index contributed by atoms with van der Waals surface area (Å²) >= 11 is 3.52. The summed E-state index contributed by atoms with van der Waals surface area (Å²) in [5, 5.41) is 1.19. The van der Waals surface area contributed by atoms with Crippen LogP contribution in [0.3, 0.4) is 0 Å². The molecule has 0 aliphatic rings. The highest BCUT2D eigenvalue weighted by molar-refractivity contribution is 9.09. The van der Waals surface area contributed by atoms with Gasteiger partial charge in [0.25, 0.3) is 0 Å². The molecule has 0 radical (unpaired) electrons. The summed E-state index contributed by atoms with van der Waals surface area (Å²) in [5.41, 5.74) is 0. The minimum absolute atomic E-state index is 1.19. The second kappa shape index (κ2) is 38.5. The first-order valence-corrected chi connectivity index (χ1v) is 20.1. The summed E-state index contributed by atoms with van der Waals surface area (Å²) in [6.45, 7) is 2.31. The van der Waals surface area contributed by atoms with Gasteiger partial charge in [0, 0.05) is 5.33 Å². The summed E-state index contributed by atoms with van der Waals surface area (Å²) in [4.78, 5) is 0. The number of hydrogen-bond donors (Lipinski definition) is 0. The molecule has 0 unspecified atom stereocenters. The predicted molar refractivity (Wildman–Crippen MR) is 186 cm³/mol. The van der Waals surface area contributed by atoms with Gasteiger partial charge >= 0.3 is 0 Å². The topological polar surface area (TPSA) is 0 Å². The van der Waals surface area contributed by atoms with Crippen molar-refractivity contribution >= 4 is 15.9 Å². The lowest BCUT2D eigenvalue weighted by molar-refractivity contribution is 0.511. The Labute approximate surface area is 258 Å². The van der Waals surface area contributed by atoms with Crippen molar-refractivity contribution in [2.24, 2.45) is 0 Å². The molecule has 0 N–H and O–H groups in total. The van der Waals surface area contributed by atoms with E-state index in [1.165, 1.54) is 236 Å². The van der Waals surface area contributed by atoms with E-state index >= 15 is 0 Å². The average molecular weight is 614 g/mol. The summed E-state index contributed by atoms with van der Waals surface area (Å²) in [6.07, 6.45) is 53.2. The van der Waals surface area contributed by atoms with Crippen LogP contribution in [0.4, 0.5) is 0 Å². The van der Waals surface area contributed by atoms with Crippen molar-refractivity contribution in [3.63, 3.8) is 0 Å². The zero-order valence-corrected chi connectivity index (χ0v) is 29.1. The maximum atomic E-state index is 3.52. The van der Waals surface area contributed by atoms with Crippen LogP contribution in [0.2, 0.25) is 0 Å². The van der Waals surface area contributed by atoms with E-state index in [9.17, 15) is 0 Å². The molecule has 0 saturated carbocycles. The SMILES string of the molecule is CCCCCCCCCCCCCCCCCCCCCCCCCCCCCCCCCCCCCCBr. The maximum Gasteiger partial charge on any atom is 0.00313 e. The molecule has 236 valence electrons. The monoisotopic (exact) mass is 613 g/mol. The van der Waals surface area contributed by atoms with Crippen molar-refractivity contribution in [2.75, 3.05) is 5.33 Å². The van der Waals surface area contributed by atoms with E-state index in [0.717, 1.165) is 0 Å². The first-order chi connectivity index (χ1) is 19.4. The van der Waals surface area contributed by atoms with Crippen molar-refractivity contribution in [2.45, 2.75) is 238 Å². The molecule has 0 aliphatic carbocycles. The first-order valence-electron chi connectivity index (χ1n) is 19.0. The van der Waals surface area contributed by atoms with Crippen molar-refractivity contribution in [3.8, 4) is 0 Å². The van der Waals surface area contributed by atoms with Crippen molar-refractivity contribution in [1.82, 2.24) is 0 Å². The first kappa shape index (κ1) is 39.5. The molecule has 0 saturated heterocycles. The molecular formula is C38H77Br. The van der Waals surface area contributed by atoms with E-state index in [1.54, 1.807) is 0 Å². The fraction of sp³-hybridized carbons (Fsp3) is 1.00. The van der Waals surface area contributed by atoms with Crippen LogP contribution in [0.15, 0.2) is 0 Å². The Kier molecular flexibility index (Phi) is 39.0. The van der Waals surface area contributed by atoms with Gasteiger partial charge in [0.15, 0.2) is 0 Å². The minimum Gasteiger partial charge on any atom is -0.0928 e. The largest absolute Gasteiger partial charge is 0.0928 e. The Morgan fingerprint density at radius 2 is 0.333 bits per heavy atom. The van der Waals surface area contributed by atoms with Crippen LogP contribution in [-0.4, -0.2) is 5.33 Å². The van der Waals surface area contributed by atoms with Gasteiger partial charge in [-0.1, -0.05) is 248 Å². The van der Waals surface area contributed by atoms with Gasteiger partial charge in [-0.2, -0.15) is 0 Å². The number of alkyl halides is 1. The van der Waals surface area contributed by atoms with Crippen LogP contribution >= 0.6 is 15.9 Å². The Morgan fingerprint density at radius 1 is 0.205 bits per heavy atom. The van der Waals surface area contributed by atoms with Crippen LogP contribution < -0.4 is 0 Å². The van der Waals surface area contributed by atoms with Gasteiger partial charge in [0.2, 0.25) is 0 Å². The molecule has 0 aromatic heterocycles. The maximum absolute atomic E-state index is 3.52. The van der Waals surface area contributed by atoms with Gasteiger partial charge in [-0.25, -0.2) is 0 Å². The molecule has 0 rings (SSSR count). The third kappa shape index (κ3) is 38.5. The highest BCUT2D eigenvalue weighted by Crippen LogP contribution is 2.17. The van der Waals surface area contributed by atoms with E-state index in [4.69, 9.17) is 0 Å². The molecule has 0 atom stereocenters. The number of hydrogen-bond acceptors (Lipinski definition) is 0. The molecule has 0 amide bonds. The molecule has 0 aromatic rings. The molecule has 1 heteroatoms. The quantitative estimate of drug-likeness (QED) is 0.0487. The lowest BCUT2D eigenvalue weighted by atomic mass is 10.0. The number of halogens is 1. The molecule has 0 aromatic carbocycles. The fourth-order valence-electron chi connectivity index (χ4n) is 6.18. The van der Waals surface area contributed by atoms with Gasteiger partial charge in [0.1, 0.15) is 0 Å². The van der Waals surface area contributed by atoms with E-state index in [2.05, 4.69) is 22.9 Å². The molecule has 0 spiro atoms. The van der Waals surface area contributed by atoms with Gasteiger partial charge < -0.3 is 0 Å². The minimum atomic E-state index is 1.19. The van der Waals surface area contributed by atoms with E-state index in [-0.39, 0.29) is 0 Å². The fourth-order valence-corrected chi connectivity index (χ4v) is 6.57. The number of unbranched alkanes of at least 4 members (excludes halogenated alkanes) is 35. The smallest absolute Gasteiger partial charge is 0.00313 e. The lowest BCUT2D eigenvalue weighted by Crippen LogP contribution is -1.85. The summed E-state index contributed by atoms with van der Waals surface area (Å²) in [6, 6.07) is 0. The third-order valence-corrected chi connectivity index (χ3v) is 9.55. The van der Waals surface area contributed by atoms with E-state index in [0.29, 0.717) is 0 Å². The molecule has 0 bridgehead atoms. The molecule has 0 fully saturated rings. The van der Waals surface area contributed by atoms with E-state index in [1.807, 2.05) is 0 Å². The highest BCUT2D eigenvalue weighted by Gasteiger charge is 1.97. The van der Waals surface area contributed by atoms with Gasteiger partial charge in [0.05, 0.1) is 0 Å². The van der Waals surface area contributed by atoms with Crippen LogP contribution in [0.5, 0.6) is 0 Å². The average Bonchev–Trinajstić information content (AvgIpc) is 2.95. The van der Waals surface area contributed by atoms with Crippen LogP contribution in [0.25, 0.3) is 0 Å². The summed E-state index contributed by atoms with van der Waals surface area (Å²) < 4.78 is 0. The third-order valence-electron chi connectivity index (χ3n) is 8.99. The zero-order valence-electron chi connectivity index (χ0n) is 27.5. The molecule has 0 heterocycles. The summed E-state index contributed by atoms with van der Waals surface area (Å²) in [7, 11) is 0. The number of rotatable bonds is 36. The van der Waals surface area contributed by atoms with Gasteiger partial charge in [-0.15, -0.1) is 0 Å². The van der Waals surface area contributed by atoms with Crippen molar-refractivity contribution in [3.05, 3.63) is 0 Å². The standard InChI is InChI=1S/C38H77Br/c1-2-3-4-5-6-7-8-9-10-11-12-13-14-15-16-17-18-19-20-21-22-23-24-25-26-27-28-29-30-31-32-33-34-35-36-37-38-39/h2-38H2,1H3. The molecular weight excluding hydrogens is 536 g/mol. The second-order valence-electron chi connectivity index (χ2n) is 13.1. The molecule has 0 aliphatic heterocycles. The van der Waals surface area contributed by atoms with E-state index < -0.39 is 0 Å². The normalized spacial score (nSPS) is 11.5. The lowest BCUT2D eigenvalue weighted by Gasteiger charge is -2.05. The Bertz CT molecular complexity index is 356. The predicted octanol–water partition coefficient (Wildman–Crippen LogP) is 15.4. The summed E-state index contributed by atoms with van der Waals surface area (Å²) in [5.74, 6) is 0. The second-order valence-corrected chi connectivity index (χ2v) is 13.9. The Balaban J connectivity index is 3.01. The molecule has 0 nitrogen and oxygen atoms in total. The zero-order chi connectivity index (χ0) is 28.2. The van der Waals surface area contributed by atoms with Crippen LogP contribution in [0, 0.1) is 0 Å². The van der Waals surface area contributed by atoms with Crippen molar-refractivity contribution < 1.29 is 0 Å². The van der Waals surface area contributed by atoms with Crippen LogP contribution in [-0.2, 0) is 0 Å². The van der Waals surface area contributed by atoms with Gasteiger partial charge in [-0.3, -0.25) is 0 Å². The Hall–Kier alpha value is 0.480. The highest BCUT2D eigenvalue weighted by atomic mass is 79.9. The Morgan fingerprint density at radius 3 is 0.462 bits per heavy atom. The van der Waals surface area contributed by atoms with Crippen molar-refractivity contribution in [1.29, 1.82) is 0 Å². The molecule has 39 heavy (non-hydrogen) atoms. The van der Waals surface area contributed by atoms with Crippen LogP contribution in [0.1, 0.15) is 238 Å².